The normalized spacial score (nSPS) is 11.3. The average Bonchev–Trinajstić information content (AvgIpc) is 2.96. The van der Waals surface area contributed by atoms with E-state index in [0.717, 1.165) is 5.03 Å². The van der Waals surface area contributed by atoms with Gasteiger partial charge < -0.3 is 0 Å². The van der Waals surface area contributed by atoms with Gasteiger partial charge in [-0.25, -0.2) is 18.4 Å². The molecule has 0 amide bonds. The van der Waals surface area contributed by atoms with Crippen LogP contribution in [0.2, 0.25) is 0 Å². The van der Waals surface area contributed by atoms with Gasteiger partial charge in [-0.2, -0.15) is 5.10 Å². The van der Waals surface area contributed by atoms with Gasteiger partial charge in [0, 0.05) is 25.6 Å². The molecule has 9 heteroatoms. The molecule has 1 N–H and O–H groups in total. The Hall–Kier alpha value is -2.39. The largest absolute Gasteiger partial charge is 0.279 e. The van der Waals surface area contributed by atoms with Crippen LogP contribution in [0.4, 0.5) is 5.69 Å². The Bertz CT molecular complexity index is 910. The van der Waals surface area contributed by atoms with E-state index in [0.29, 0.717) is 10.7 Å². The monoisotopic (exact) mass is 347 g/mol. The van der Waals surface area contributed by atoms with E-state index in [1.165, 1.54) is 28.8 Å². The molecule has 0 atom stereocenters. The number of sulfonamides is 1. The molecule has 118 valence electrons. The Morgan fingerprint density at radius 2 is 1.96 bits per heavy atom. The average molecular weight is 347 g/mol. The maximum atomic E-state index is 12.3. The van der Waals surface area contributed by atoms with Gasteiger partial charge in [-0.15, -0.1) is 0 Å². The molecule has 0 spiro atoms. The van der Waals surface area contributed by atoms with Crippen molar-refractivity contribution in [2.75, 3.05) is 4.72 Å². The molecule has 0 aliphatic carbocycles. The van der Waals surface area contributed by atoms with Gasteiger partial charge in [0.15, 0.2) is 0 Å². The van der Waals surface area contributed by atoms with E-state index < -0.39 is 10.0 Å². The molecule has 0 saturated carbocycles. The van der Waals surface area contributed by atoms with Crippen LogP contribution in [-0.2, 0) is 17.1 Å². The molecule has 3 heterocycles. The number of nitrogens with zero attached hydrogens (tertiary/aromatic N) is 4. The van der Waals surface area contributed by atoms with Crippen LogP contribution in [0.5, 0.6) is 0 Å². The van der Waals surface area contributed by atoms with Crippen molar-refractivity contribution in [2.45, 2.75) is 14.9 Å². The number of nitrogens with one attached hydrogen (secondary N) is 1. The predicted octanol–water partition coefficient (Wildman–Crippen LogP) is 2.16. The van der Waals surface area contributed by atoms with Gasteiger partial charge >= 0.3 is 0 Å². The minimum Gasteiger partial charge on any atom is -0.279 e. The molecular formula is C14H13N5O2S2. The van der Waals surface area contributed by atoms with Gasteiger partial charge in [-0.3, -0.25) is 9.40 Å². The SMILES string of the molecule is Cn1cc(S(=O)(=O)Nc2ccnc(Sc3ccccn3)c2)cn1. The molecule has 7 nitrogen and oxygen atoms in total. The Labute approximate surface area is 137 Å². The minimum atomic E-state index is -3.67. The second-order valence-electron chi connectivity index (χ2n) is 4.61. The Morgan fingerprint density at radius 3 is 2.65 bits per heavy atom. The highest BCUT2D eigenvalue weighted by Gasteiger charge is 2.16. The molecule has 0 bridgehead atoms. The van der Waals surface area contributed by atoms with Crippen molar-refractivity contribution >= 4 is 27.5 Å². The van der Waals surface area contributed by atoms with E-state index in [2.05, 4.69) is 19.8 Å². The summed E-state index contributed by atoms with van der Waals surface area (Å²) in [5, 5.41) is 5.30. The number of hydrogen-bond donors (Lipinski definition) is 1. The number of rotatable bonds is 5. The summed E-state index contributed by atoms with van der Waals surface area (Å²) in [5.41, 5.74) is 0.433. The van der Waals surface area contributed by atoms with Gasteiger partial charge in [0.1, 0.15) is 14.9 Å². The van der Waals surface area contributed by atoms with E-state index in [1.54, 1.807) is 31.6 Å². The summed E-state index contributed by atoms with van der Waals surface area (Å²) in [6, 6.07) is 8.82. The highest BCUT2D eigenvalue weighted by atomic mass is 32.2. The third-order valence-electron chi connectivity index (χ3n) is 2.83. The molecule has 0 aliphatic rings. The summed E-state index contributed by atoms with van der Waals surface area (Å²) >= 11 is 1.35. The number of hydrogen-bond acceptors (Lipinski definition) is 6. The number of pyridine rings is 2. The van der Waals surface area contributed by atoms with Crippen molar-refractivity contribution < 1.29 is 8.42 Å². The van der Waals surface area contributed by atoms with Gasteiger partial charge in [-0.05, 0) is 24.3 Å². The maximum Gasteiger partial charge on any atom is 0.265 e. The van der Waals surface area contributed by atoms with Crippen molar-refractivity contribution in [2.24, 2.45) is 7.05 Å². The molecular weight excluding hydrogens is 334 g/mol. The summed E-state index contributed by atoms with van der Waals surface area (Å²) in [7, 11) is -2.01. The molecule has 0 radical (unpaired) electrons. The fourth-order valence-electron chi connectivity index (χ4n) is 1.79. The zero-order chi connectivity index (χ0) is 16.3. The fraction of sp³-hybridized carbons (Fsp3) is 0.0714. The lowest BCUT2D eigenvalue weighted by Gasteiger charge is -2.07. The van der Waals surface area contributed by atoms with Crippen molar-refractivity contribution in [3.63, 3.8) is 0 Å². The first-order chi connectivity index (χ1) is 11.0. The van der Waals surface area contributed by atoms with Gasteiger partial charge in [0.25, 0.3) is 10.0 Å². The summed E-state index contributed by atoms with van der Waals surface area (Å²) in [6.45, 7) is 0. The van der Waals surface area contributed by atoms with Crippen molar-refractivity contribution in [1.29, 1.82) is 0 Å². The highest BCUT2D eigenvalue weighted by molar-refractivity contribution is 7.99. The lowest BCUT2D eigenvalue weighted by Crippen LogP contribution is -2.12. The van der Waals surface area contributed by atoms with Crippen LogP contribution in [0.3, 0.4) is 0 Å². The van der Waals surface area contributed by atoms with Gasteiger partial charge in [-0.1, -0.05) is 17.8 Å². The van der Waals surface area contributed by atoms with E-state index in [-0.39, 0.29) is 4.90 Å². The van der Waals surface area contributed by atoms with Crippen LogP contribution in [0.1, 0.15) is 0 Å². The molecule has 3 rings (SSSR count). The maximum absolute atomic E-state index is 12.3. The van der Waals surface area contributed by atoms with Crippen LogP contribution in [0, 0.1) is 0 Å². The minimum absolute atomic E-state index is 0.107. The molecule has 0 fully saturated rings. The standard InChI is InChI=1S/C14H13N5O2S2/c1-19-10-12(9-17-19)23(20,21)18-11-5-7-16-14(8-11)22-13-4-2-3-6-15-13/h2-10H,1H3,(H,16,18). The van der Waals surface area contributed by atoms with Crippen LogP contribution >= 0.6 is 11.8 Å². The first-order valence-corrected chi connectivity index (χ1v) is 8.89. The molecule has 23 heavy (non-hydrogen) atoms. The van der Waals surface area contributed by atoms with Crippen molar-refractivity contribution in [1.82, 2.24) is 19.7 Å². The quantitative estimate of drug-likeness (QED) is 0.761. The van der Waals surface area contributed by atoms with E-state index in [4.69, 9.17) is 0 Å². The highest BCUT2D eigenvalue weighted by Crippen LogP contribution is 2.26. The lowest BCUT2D eigenvalue weighted by molar-refractivity contribution is 0.601. The smallest absolute Gasteiger partial charge is 0.265 e. The predicted molar refractivity (Wildman–Crippen MR) is 86.6 cm³/mol. The van der Waals surface area contributed by atoms with Crippen LogP contribution in [0.25, 0.3) is 0 Å². The molecule has 0 aromatic carbocycles. The first-order valence-electron chi connectivity index (χ1n) is 6.59. The number of aryl methyl sites for hydroxylation is 1. The second kappa shape index (κ2) is 6.39. The molecule has 0 saturated heterocycles. The zero-order valence-electron chi connectivity index (χ0n) is 12.1. The summed E-state index contributed by atoms with van der Waals surface area (Å²) in [6.07, 6.45) is 5.98. The van der Waals surface area contributed by atoms with E-state index >= 15 is 0 Å². The van der Waals surface area contributed by atoms with E-state index in [1.807, 2.05) is 18.2 Å². The van der Waals surface area contributed by atoms with Crippen LogP contribution < -0.4 is 4.72 Å². The third kappa shape index (κ3) is 3.88. The molecule has 0 aliphatic heterocycles. The van der Waals surface area contributed by atoms with Crippen LogP contribution in [-0.4, -0.2) is 28.2 Å². The molecule has 3 aromatic heterocycles. The lowest BCUT2D eigenvalue weighted by atomic mass is 10.4. The van der Waals surface area contributed by atoms with Crippen molar-refractivity contribution in [3.05, 3.63) is 55.1 Å². The summed E-state index contributed by atoms with van der Waals surface area (Å²) in [4.78, 5) is 8.52. The van der Waals surface area contributed by atoms with Crippen LogP contribution in [0.15, 0.2) is 70.1 Å². The number of anilines is 1. The van der Waals surface area contributed by atoms with E-state index in [9.17, 15) is 8.42 Å². The first kappa shape index (κ1) is 15.5. The van der Waals surface area contributed by atoms with Gasteiger partial charge in [0.05, 0.1) is 11.9 Å². The number of aromatic nitrogens is 4. The second-order valence-corrected chi connectivity index (χ2v) is 7.33. The summed E-state index contributed by atoms with van der Waals surface area (Å²) in [5.74, 6) is 0. The van der Waals surface area contributed by atoms with Gasteiger partial charge in [0.2, 0.25) is 0 Å². The Balaban J connectivity index is 1.80. The van der Waals surface area contributed by atoms with Crippen molar-refractivity contribution in [3.8, 4) is 0 Å². The Kier molecular flexibility index (Phi) is 4.30. The summed E-state index contributed by atoms with van der Waals surface area (Å²) < 4.78 is 28.5. The zero-order valence-corrected chi connectivity index (χ0v) is 13.8. The fourth-order valence-corrected chi connectivity index (χ4v) is 3.60. The Morgan fingerprint density at radius 1 is 1.13 bits per heavy atom. The third-order valence-corrected chi connectivity index (χ3v) is 5.04. The molecule has 3 aromatic rings. The molecule has 0 unspecified atom stereocenters. The topological polar surface area (TPSA) is 89.8 Å².